The molecule has 8 heteroatoms. The zero-order valence-corrected chi connectivity index (χ0v) is 13.5. The average molecular weight is 347 g/mol. The normalized spacial score (nSPS) is 19.6. The Morgan fingerprint density at radius 3 is 2.59 bits per heavy atom. The van der Waals surface area contributed by atoms with Gasteiger partial charge in [-0.25, -0.2) is 17.2 Å². The van der Waals surface area contributed by atoms with Crippen molar-refractivity contribution in [1.82, 2.24) is 4.90 Å². The van der Waals surface area contributed by atoms with Gasteiger partial charge in [0.25, 0.3) is 0 Å². The first kappa shape index (κ1) is 17.0. The van der Waals surface area contributed by atoms with Gasteiger partial charge < -0.3 is 4.90 Å². The zero-order chi connectivity index (χ0) is 16.3. The summed E-state index contributed by atoms with van der Waals surface area (Å²) in [7, 11) is -3.42. The lowest BCUT2D eigenvalue weighted by atomic mass is 10.2. The molecule has 1 aliphatic heterocycles. The van der Waals surface area contributed by atoms with Crippen molar-refractivity contribution >= 4 is 33.6 Å². The van der Waals surface area contributed by atoms with Crippen molar-refractivity contribution < 1.29 is 22.0 Å². The van der Waals surface area contributed by atoms with Gasteiger partial charge in [0.1, 0.15) is 17.0 Å². The summed E-state index contributed by atoms with van der Waals surface area (Å²) in [5.41, 5.74) is -0.321. The standard InChI is InChI=1S/C14H15F2NO3S2/c1-22(19,20)14-9-21-8-7-17(14)13(18)6-5-10-11(15)3-2-4-12(10)16/h2-6,14H,7-9H2,1H3/b6-5-/t14-/m0/s1. The van der Waals surface area contributed by atoms with E-state index >= 15 is 0 Å². The van der Waals surface area contributed by atoms with Crippen LogP contribution in [0.4, 0.5) is 8.78 Å². The average Bonchev–Trinajstić information content (AvgIpc) is 2.45. The van der Waals surface area contributed by atoms with Crippen molar-refractivity contribution in [2.45, 2.75) is 5.37 Å². The lowest BCUT2D eigenvalue weighted by molar-refractivity contribution is -0.126. The maximum atomic E-state index is 13.5. The second-order valence-corrected chi connectivity index (χ2v) is 8.21. The summed E-state index contributed by atoms with van der Waals surface area (Å²) in [6.07, 6.45) is 3.12. The molecule has 0 N–H and O–H groups in total. The molecule has 2 rings (SSSR count). The molecule has 1 amide bonds. The van der Waals surface area contributed by atoms with Gasteiger partial charge in [0.05, 0.1) is 0 Å². The Morgan fingerprint density at radius 2 is 2.00 bits per heavy atom. The number of thioether (sulfide) groups is 1. The van der Waals surface area contributed by atoms with Crippen LogP contribution >= 0.6 is 11.8 Å². The van der Waals surface area contributed by atoms with Crippen LogP contribution in [0.2, 0.25) is 0 Å². The maximum absolute atomic E-state index is 13.5. The third-order valence-corrected chi connectivity index (χ3v) is 5.90. The number of amides is 1. The van der Waals surface area contributed by atoms with E-state index in [9.17, 15) is 22.0 Å². The zero-order valence-electron chi connectivity index (χ0n) is 11.8. The van der Waals surface area contributed by atoms with Crippen LogP contribution in [-0.2, 0) is 14.6 Å². The van der Waals surface area contributed by atoms with Gasteiger partial charge in [-0.2, -0.15) is 11.8 Å². The molecule has 1 aliphatic rings. The fourth-order valence-corrected chi connectivity index (χ4v) is 4.93. The molecule has 1 aromatic rings. The van der Waals surface area contributed by atoms with Crippen LogP contribution in [0.5, 0.6) is 0 Å². The molecule has 120 valence electrons. The van der Waals surface area contributed by atoms with Crippen molar-refractivity contribution in [3.63, 3.8) is 0 Å². The number of carbonyl (C=O) groups excluding carboxylic acids is 1. The highest BCUT2D eigenvalue weighted by Gasteiger charge is 2.33. The monoisotopic (exact) mass is 347 g/mol. The molecule has 0 radical (unpaired) electrons. The highest BCUT2D eigenvalue weighted by atomic mass is 32.2. The van der Waals surface area contributed by atoms with Crippen LogP contribution < -0.4 is 0 Å². The second kappa shape index (κ2) is 6.78. The molecular formula is C14H15F2NO3S2. The number of hydrogen-bond acceptors (Lipinski definition) is 4. The van der Waals surface area contributed by atoms with Crippen LogP contribution in [-0.4, -0.2) is 48.9 Å². The Kier molecular flexibility index (Phi) is 5.23. The first-order chi connectivity index (χ1) is 10.3. The summed E-state index contributed by atoms with van der Waals surface area (Å²) < 4.78 is 50.5. The van der Waals surface area contributed by atoms with E-state index in [1.54, 1.807) is 0 Å². The summed E-state index contributed by atoms with van der Waals surface area (Å²) >= 11 is 1.45. The van der Waals surface area contributed by atoms with E-state index in [4.69, 9.17) is 0 Å². The number of halogens is 2. The Labute approximate surface area is 132 Å². The predicted octanol–water partition coefficient (Wildman–Crippen LogP) is 1.92. The second-order valence-electron chi connectivity index (χ2n) is 4.86. The van der Waals surface area contributed by atoms with Gasteiger partial charge in [0.15, 0.2) is 9.84 Å². The number of rotatable bonds is 3. The van der Waals surface area contributed by atoms with E-state index in [1.807, 2.05) is 0 Å². The van der Waals surface area contributed by atoms with Crippen molar-refractivity contribution in [2.75, 3.05) is 24.3 Å². The molecule has 4 nitrogen and oxygen atoms in total. The number of sulfone groups is 1. The lowest BCUT2D eigenvalue weighted by Crippen LogP contribution is -2.49. The summed E-state index contributed by atoms with van der Waals surface area (Å²) in [5.74, 6) is -1.21. The number of benzene rings is 1. The van der Waals surface area contributed by atoms with E-state index in [2.05, 4.69) is 0 Å². The largest absolute Gasteiger partial charge is 0.320 e. The molecule has 0 saturated carbocycles. The molecule has 1 atom stereocenters. The van der Waals surface area contributed by atoms with Crippen molar-refractivity contribution in [2.24, 2.45) is 0 Å². The van der Waals surface area contributed by atoms with E-state index in [0.29, 0.717) is 11.5 Å². The van der Waals surface area contributed by atoms with Crippen molar-refractivity contribution in [3.8, 4) is 0 Å². The molecule has 0 aliphatic carbocycles. The molecule has 1 aromatic carbocycles. The van der Waals surface area contributed by atoms with Crippen LogP contribution in [0.25, 0.3) is 6.08 Å². The van der Waals surface area contributed by atoms with E-state index in [-0.39, 0.29) is 12.1 Å². The van der Waals surface area contributed by atoms with Crippen molar-refractivity contribution in [1.29, 1.82) is 0 Å². The first-order valence-corrected chi connectivity index (χ1v) is 9.61. The highest BCUT2D eigenvalue weighted by molar-refractivity contribution is 8.00. The van der Waals surface area contributed by atoms with Crippen molar-refractivity contribution in [3.05, 3.63) is 41.5 Å². The predicted molar refractivity (Wildman–Crippen MR) is 83.1 cm³/mol. The molecule has 0 spiro atoms. The van der Waals surface area contributed by atoms with Crippen LogP contribution in [0.1, 0.15) is 5.56 Å². The quantitative estimate of drug-likeness (QED) is 0.784. The van der Waals surface area contributed by atoms with Gasteiger partial charge in [0, 0.05) is 35.9 Å². The Morgan fingerprint density at radius 1 is 1.36 bits per heavy atom. The van der Waals surface area contributed by atoms with Gasteiger partial charge in [-0.3, -0.25) is 4.79 Å². The topological polar surface area (TPSA) is 54.5 Å². The lowest BCUT2D eigenvalue weighted by Gasteiger charge is -2.33. The fraction of sp³-hybridized carbons (Fsp3) is 0.357. The molecule has 1 heterocycles. The molecule has 0 aromatic heterocycles. The molecule has 0 unspecified atom stereocenters. The summed E-state index contributed by atoms with van der Waals surface area (Å²) in [4.78, 5) is 13.4. The Bertz CT molecular complexity index is 684. The minimum atomic E-state index is -3.42. The van der Waals surface area contributed by atoms with Crippen LogP contribution in [0.3, 0.4) is 0 Å². The SMILES string of the molecule is CS(=O)(=O)[C@H]1CSCCN1C(=O)/C=C\c1c(F)cccc1F. The van der Waals surface area contributed by atoms with E-state index < -0.39 is 32.8 Å². The fourth-order valence-electron chi connectivity index (χ4n) is 2.11. The molecule has 0 bridgehead atoms. The van der Waals surface area contributed by atoms with Gasteiger partial charge in [0.2, 0.25) is 5.91 Å². The number of nitrogens with zero attached hydrogens (tertiary/aromatic N) is 1. The van der Waals surface area contributed by atoms with Gasteiger partial charge in [-0.05, 0) is 18.2 Å². The van der Waals surface area contributed by atoms with Gasteiger partial charge >= 0.3 is 0 Å². The van der Waals surface area contributed by atoms with Crippen LogP contribution in [0.15, 0.2) is 24.3 Å². The summed E-state index contributed by atoms with van der Waals surface area (Å²) in [5, 5.41) is -0.908. The molecular weight excluding hydrogens is 332 g/mol. The summed E-state index contributed by atoms with van der Waals surface area (Å²) in [6.45, 7) is 0.283. The maximum Gasteiger partial charge on any atom is 0.247 e. The molecule has 22 heavy (non-hydrogen) atoms. The van der Waals surface area contributed by atoms with E-state index in [0.717, 1.165) is 30.5 Å². The Balaban J connectivity index is 2.22. The minimum absolute atomic E-state index is 0.283. The first-order valence-electron chi connectivity index (χ1n) is 6.50. The highest BCUT2D eigenvalue weighted by Crippen LogP contribution is 2.21. The van der Waals surface area contributed by atoms with E-state index in [1.165, 1.54) is 22.7 Å². The molecule has 1 saturated heterocycles. The van der Waals surface area contributed by atoms with Gasteiger partial charge in [-0.1, -0.05) is 6.07 Å². The minimum Gasteiger partial charge on any atom is -0.320 e. The smallest absolute Gasteiger partial charge is 0.247 e. The van der Waals surface area contributed by atoms with Gasteiger partial charge in [-0.15, -0.1) is 0 Å². The Hall–Kier alpha value is -1.41. The third kappa shape index (κ3) is 3.86. The van der Waals surface area contributed by atoms with Crippen LogP contribution in [0, 0.1) is 11.6 Å². The molecule has 1 fully saturated rings. The number of hydrogen-bond donors (Lipinski definition) is 0. The number of carbonyl (C=O) groups is 1. The summed E-state index contributed by atoms with van der Waals surface area (Å²) in [6, 6.07) is 3.40. The third-order valence-electron chi connectivity index (χ3n) is 3.25.